The molecule has 0 saturated heterocycles. The topological polar surface area (TPSA) is 0 Å². The lowest BCUT2D eigenvalue weighted by Crippen LogP contribution is -2.36. The van der Waals surface area contributed by atoms with Crippen molar-refractivity contribution in [2.24, 2.45) is 0 Å². The number of hydrogen-bond acceptors (Lipinski definition) is 0. The standard InChI is InChI=1S/C11H5F10/c1-5-2-6(8(12,13)10(16,17)18)4-7(3-5)9(14,15)11(19,20)21/h2-4H,1H2. The van der Waals surface area contributed by atoms with Gasteiger partial charge in [0.1, 0.15) is 0 Å². The third-order valence-corrected chi connectivity index (χ3v) is 2.43. The molecule has 0 aromatic heterocycles. The second-order valence-electron chi connectivity index (χ2n) is 4.06. The van der Waals surface area contributed by atoms with Crippen molar-refractivity contribution in [1.29, 1.82) is 0 Å². The minimum atomic E-state index is -6.15. The lowest BCUT2D eigenvalue weighted by molar-refractivity contribution is -0.292. The van der Waals surface area contributed by atoms with Crippen LogP contribution in [0.25, 0.3) is 0 Å². The van der Waals surface area contributed by atoms with Gasteiger partial charge in [0.05, 0.1) is 0 Å². The molecule has 1 rings (SSSR count). The molecule has 0 amide bonds. The molecule has 0 aliphatic carbocycles. The van der Waals surface area contributed by atoms with Crippen LogP contribution in [0, 0.1) is 6.92 Å². The zero-order chi connectivity index (χ0) is 16.9. The van der Waals surface area contributed by atoms with Gasteiger partial charge in [-0.3, -0.25) is 0 Å². The van der Waals surface area contributed by atoms with Crippen molar-refractivity contribution in [3.05, 3.63) is 41.8 Å². The molecule has 0 heterocycles. The average molecular weight is 327 g/mol. The third kappa shape index (κ3) is 3.08. The van der Waals surface area contributed by atoms with E-state index in [9.17, 15) is 43.9 Å². The Kier molecular flexibility index (Phi) is 3.99. The number of halogens is 10. The fourth-order valence-corrected chi connectivity index (χ4v) is 1.38. The molecular formula is C11H5F10. The van der Waals surface area contributed by atoms with Crippen LogP contribution in [0.2, 0.25) is 0 Å². The fraction of sp³-hybridized carbons (Fsp3) is 0.364. The van der Waals surface area contributed by atoms with Crippen molar-refractivity contribution >= 4 is 0 Å². The highest BCUT2D eigenvalue weighted by molar-refractivity contribution is 5.37. The van der Waals surface area contributed by atoms with Gasteiger partial charge in [-0.2, -0.15) is 43.9 Å². The van der Waals surface area contributed by atoms with Crippen molar-refractivity contribution in [1.82, 2.24) is 0 Å². The van der Waals surface area contributed by atoms with Gasteiger partial charge in [0.25, 0.3) is 0 Å². The van der Waals surface area contributed by atoms with Crippen molar-refractivity contribution < 1.29 is 43.9 Å². The van der Waals surface area contributed by atoms with Crippen LogP contribution in [0.3, 0.4) is 0 Å². The normalized spacial score (nSPS) is 14.4. The minimum Gasteiger partial charge on any atom is -0.191 e. The van der Waals surface area contributed by atoms with Crippen LogP contribution in [0.4, 0.5) is 43.9 Å². The Morgan fingerprint density at radius 2 is 0.857 bits per heavy atom. The number of rotatable bonds is 2. The van der Waals surface area contributed by atoms with E-state index >= 15 is 0 Å². The predicted octanol–water partition coefficient (Wildman–Crippen LogP) is 5.18. The Bertz CT molecular complexity index is 479. The monoisotopic (exact) mass is 327 g/mol. The molecule has 0 fully saturated rings. The van der Waals surface area contributed by atoms with Crippen LogP contribution in [0.5, 0.6) is 0 Å². The fourth-order valence-electron chi connectivity index (χ4n) is 1.38. The Balaban J connectivity index is 3.50. The van der Waals surface area contributed by atoms with E-state index in [0.29, 0.717) is 0 Å². The summed E-state index contributed by atoms with van der Waals surface area (Å²) >= 11 is 0. The second-order valence-corrected chi connectivity index (χ2v) is 4.06. The maximum Gasteiger partial charge on any atom is 0.458 e. The van der Waals surface area contributed by atoms with Crippen LogP contribution in [-0.4, -0.2) is 12.4 Å². The molecule has 21 heavy (non-hydrogen) atoms. The quantitative estimate of drug-likeness (QED) is 0.657. The largest absolute Gasteiger partial charge is 0.458 e. The van der Waals surface area contributed by atoms with Gasteiger partial charge < -0.3 is 0 Å². The molecule has 1 aromatic rings. The van der Waals surface area contributed by atoms with Gasteiger partial charge in [-0.1, -0.05) is 0 Å². The summed E-state index contributed by atoms with van der Waals surface area (Å²) in [7, 11) is 0. The molecule has 0 aliphatic heterocycles. The molecule has 0 saturated carbocycles. The zero-order valence-corrected chi connectivity index (χ0v) is 9.72. The molecule has 0 bridgehead atoms. The first-order valence-electron chi connectivity index (χ1n) is 4.98. The highest BCUT2D eigenvalue weighted by Gasteiger charge is 2.61. The maximum atomic E-state index is 13.0. The summed E-state index contributed by atoms with van der Waals surface area (Å²) in [6.07, 6.45) is -12.3. The van der Waals surface area contributed by atoms with Crippen LogP contribution in [-0.2, 0) is 11.8 Å². The van der Waals surface area contributed by atoms with E-state index in [0.717, 1.165) is 0 Å². The first kappa shape index (κ1) is 17.6. The van der Waals surface area contributed by atoms with Crippen molar-refractivity contribution in [2.45, 2.75) is 24.2 Å². The Morgan fingerprint density at radius 3 is 1.10 bits per heavy atom. The molecule has 0 N–H and O–H groups in total. The summed E-state index contributed by atoms with van der Waals surface area (Å²) in [6, 6.07) is -0.359. The van der Waals surface area contributed by atoms with E-state index in [1.54, 1.807) is 0 Å². The van der Waals surface area contributed by atoms with Crippen LogP contribution < -0.4 is 0 Å². The van der Waals surface area contributed by atoms with Crippen molar-refractivity contribution in [3.63, 3.8) is 0 Å². The zero-order valence-electron chi connectivity index (χ0n) is 9.72. The van der Waals surface area contributed by atoms with Gasteiger partial charge >= 0.3 is 24.2 Å². The highest BCUT2D eigenvalue weighted by atomic mass is 19.4. The van der Waals surface area contributed by atoms with E-state index in [1.165, 1.54) is 0 Å². The van der Waals surface area contributed by atoms with Gasteiger partial charge in [-0.15, -0.1) is 0 Å². The third-order valence-electron chi connectivity index (χ3n) is 2.43. The lowest BCUT2D eigenvalue weighted by atomic mass is 9.98. The Hall–Kier alpha value is -1.48. The van der Waals surface area contributed by atoms with Crippen molar-refractivity contribution in [3.8, 4) is 0 Å². The molecule has 0 unspecified atom stereocenters. The SMILES string of the molecule is [CH2]c1cc(C(F)(F)C(F)(F)F)cc(C(F)(F)C(F)(F)F)c1. The first-order chi connectivity index (χ1) is 9.10. The van der Waals surface area contributed by atoms with E-state index in [4.69, 9.17) is 0 Å². The summed E-state index contributed by atoms with van der Waals surface area (Å²) in [5.74, 6) is -11.2. The van der Waals surface area contributed by atoms with E-state index in [1.807, 2.05) is 0 Å². The highest BCUT2D eigenvalue weighted by Crippen LogP contribution is 2.48. The van der Waals surface area contributed by atoms with Gasteiger partial charge in [-0.05, 0) is 30.7 Å². The molecule has 1 radical (unpaired) electrons. The molecule has 0 nitrogen and oxygen atoms in total. The Morgan fingerprint density at radius 1 is 0.571 bits per heavy atom. The average Bonchev–Trinajstić information content (AvgIpc) is 2.24. The molecule has 1 aromatic carbocycles. The van der Waals surface area contributed by atoms with Gasteiger partial charge in [-0.25, -0.2) is 0 Å². The molecular weight excluding hydrogens is 322 g/mol. The molecule has 119 valence electrons. The smallest absolute Gasteiger partial charge is 0.191 e. The van der Waals surface area contributed by atoms with Crippen LogP contribution >= 0.6 is 0 Å². The van der Waals surface area contributed by atoms with Gasteiger partial charge in [0.15, 0.2) is 0 Å². The van der Waals surface area contributed by atoms with E-state index < -0.39 is 47.0 Å². The van der Waals surface area contributed by atoms with E-state index in [2.05, 4.69) is 6.92 Å². The van der Waals surface area contributed by atoms with Crippen LogP contribution in [0.15, 0.2) is 18.2 Å². The Labute approximate surface area is 111 Å². The summed E-state index contributed by atoms with van der Waals surface area (Å²) < 4.78 is 125. The second kappa shape index (κ2) is 4.77. The van der Waals surface area contributed by atoms with Gasteiger partial charge in [0.2, 0.25) is 0 Å². The molecule has 0 atom stereocenters. The maximum absolute atomic E-state index is 13.0. The number of benzene rings is 1. The summed E-state index contributed by atoms with van der Waals surface area (Å²) in [5, 5.41) is 0. The molecule has 10 heteroatoms. The van der Waals surface area contributed by atoms with Crippen LogP contribution in [0.1, 0.15) is 16.7 Å². The van der Waals surface area contributed by atoms with E-state index in [-0.39, 0.29) is 12.1 Å². The lowest BCUT2D eigenvalue weighted by Gasteiger charge is -2.24. The minimum absolute atomic E-state index is 0.0868. The first-order valence-corrected chi connectivity index (χ1v) is 4.98. The summed E-state index contributed by atoms with van der Waals surface area (Å²) in [4.78, 5) is 0. The molecule has 0 aliphatic rings. The predicted molar refractivity (Wildman–Crippen MR) is 50.8 cm³/mol. The van der Waals surface area contributed by atoms with Gasteiger partial charge in [0, 0.05) is 11.1 Å². The number of hydrogen-bond donors (Lipinski definition) is 0. The molecule has 0 spiro atoms. The number of alkyl halides is 10. The summed E-state index contributed by atoms with van der Waals surface area (Å²) in [6.45, 7) is 2.83. The summed E-state index contributed by atoms with van der Waals surface area (Å²) in [5.41, 5.74) is -4.92. The van der Waals surface area contributed by atoms with Crippen molar-refractivity contribution in [2.75, 3.05) is 0 Å².